The van der Waals surface area contributed by atoms with Gasteiger partial charge in [-0.1, -0.05) is 13.0 Å². The van der Waals surface area contributed by atoms with E-state index in [1.807, 2.05) is 19.1 Å². The number of carbonyl (C=O) groups is 1. The lowest BCUT2D eigenvalue weighted by Crippen LogP contribution is -2.12. The van der Waals surface area contributed by atoms with Crippen LogP contribution in [0.25, 0.3) is 0 Å². The normalized spacial score (nSPS) is 10.1. The lowest BCUT2D eigenvalue weighted by Gasteiger charge is -2.09. The van der Waals surface area contributed by atoms with E-state index in [-0.39, 0.29) is 5.91 Å². The molecule has 0 aliphatic carbocycles. The standard InChI is InChI=1S/C17H18BrNO3/c1-3-9-22-14-6-4-5-12(10-14)17(20)19-13-7-8-16(21-2)15(18)11-13/h4-8,10-11H,3,9H2,1-2H3,(H,19,20). The Bertz CT molecular complexity index is 658. The minimum absolute atomic E-state index is 0.181. The van der Waals surface area contributed by atoms with Crippen LogP contribution in [0.4, 0.5) is 5.69 Å². The number of rotatable bonds is 6. The maximum absolute atomic E-state index is 12.3. The van der Waals surface area contributed by atoms with Crippen molar-refractivity contribution in [2.45, 2.75) is 13.3 Å². The molecule has 1 amide bonds. The Balaban J connectivity index is 2.10. The molecule has 0 aliphatic heterocycles. The summed E-state index contributed by atoms with van der Waals surface area (Å²) in [4.78, 5) is 12.3. The molecular formula is C17H18BrNO3. The van der Waals surface area contributed by atoms with Gasteiger partial charge in [-0.15, -0.1) is 0 Å². The highest BCUT2D eigenvalue weighted by atomic mass is 79.9. The number of hydrogen-bond donors (Lipinski definition) is 1. The number of amides is 1. The summed E-state index contributed by atoms with van der Waals surface area (Å²) in [6.07, 6.45) is 0.927. The molecule has 0 bridgehead atoms. The van der Waals surface area contributed by atoms with Gasteiger partial charge in [0.05, 0.1) is 18.2 Å². The summed E-state index contributed by atoms with van der Waals surface area (Å²) >= 11 is 3.40. The van der Waals surface area contributed by atoms with Gasteiger partial charge in [0.2, 0.25) is 0 Å². The van der Waals surface area contributed by atoms with Crippen LogP contribution >= 0.6 is 15.9 Å². The number of halogens is 1. The molecule has 5 heteroatoms. The second kappa shape index (κ2) is 7.84. The molecule has 22 heavy (non-hydrogen) atoms. The second-order valence-electron chi connectivity index (χ2n) is 4.68. The monoisotopic (exact) mass is 363 g/mol. The number of anilines is 1. The van der Waals surface area contributed by atoms with Crippen LogP contribution in [0.1, 0.15) is 23.7 Å². The van der Waals surface area contributed by atoms with Crippen LogP contribution in [0.15, 0.2) is 46.9 Å². The summed E-state index contributed by atoms with van der Waals surface area (Å²) in [5.41, 5.74) is 1.25. The SMILES string of the molecule is CCCOc1cccc(C(=O)Nc2ccc(OC)c(Br)c2)c1. The van der Waals surface area contributed by atoms with Gasteiger partial charge < -0.3 is 14.8 Å². The van der Waals surface area contributed by atoms with Crippen molar-refractivity contribution in [2.75, 3.05) is 19.0 Å². The summed E-state index contributed by atoms with van der Waals surface area (Å²) in [6, 6.07) is 12.5. The van der Waals surface area contributed by atoms with Crippen molar-refractivity contribution in [3.8, 4) is 11.5 Å². The van der Waals surface area contributed by atoms with E-state index in [2.05, 4.69) is 21.2 Å². The maximum Gasteiger partial charge on any atom is 0.255 e. The van der Waals surface area contributed by atoms with Crippen molar-refractivity contribution in [3.63, 3.8) is 0 Å². The highest BCUT2D eigenvalue weighted by Crippen LogP contribution is 2.28. The van der Waals surface area contributed by atoms with Crippen LogP contribution in [0.3, 0.4) is 0 Å². The fourth-order valence-electron chi connectivity index (χ4n) is 1.89. The number of benzene rings is 2. The van der Waals surface area contributed by atoms with Gasteiger partial charge in [-0.05, 0) is 58.7 Å². The summed E-state index contributed by atoms with van der Waals surface area (Å²) in [6.45, 7) is 2.68. The van der Waals surface area contributed by atoms with E-state index in [9.17, 15) is 4.79 Å². The minimum Gasteiger partial charge on any atom is -0.496 e. The number of ether oxygens (including phenoxy) is 2. The average Bonchev–Trinajstić information content (AvgIpc) is 2.53. The molecule has 2 rings (SSSR count). The van der Waals surface area contributed by atoms with Gasteiger partial charge in [-0.2, -0.15) is 0 Å². The molecule has 1 N–H and O–H groups in total. The molecule has 116 valence electrons. The third-order valence-electron chi connectivity index (χ3n) is 2.98. The quantitative estimate of drug-likeness (QED) is 0.821. The van der Waals surface area contributed by atoms with Crippen LogP contribution in [-0.4, -0.2) is 19.6 Å². The van der Waals surface area contributed by atoms with Crippen LogP contribution in [0, 0.1) is 0 Å². The van der Waals surface area contributed by atoms with E-state index in [4.69, 9.17) is 9.47 Å². The fraction of sp³-hybridized carbons (Fsp3) is 0.235. The van der Waals surface area contributed by atoms with Gasteiger partial charge in [-0.3, -0.25) is 4.79 Å². The average molecular weight is 364 g/mol. The van der Waals surface area contributed by atoms with Gasteiger partial charge in [0, 0.05) is 11.3 Å². The van der Waals surface area contributed by atoms with Gasteiger partial charge >= 0.3 is 0 Å². The lowest BCUT2D eigenvalue weighted by molar-refractivity contribution is 0.102. The first-order valence-electron chi connectivity index (χ1n) is 7.01. The van der Waals surface area contributed by atoms with Crippen molar-refractivity contribution in [1.82, 2.24) is 0 Å². The smallest absolute Gasteiger partial charge is 0.255 e. The summed E-state index contributed by atoms with van der Waals surface area (Å²) < 4.78 is 11.5. The molecule has 0 heterocycles. The molecule has 0 unspecified atom stereocenters. The molecule has 0 saturated carbocycles. The van der Waals surface area contributed by atoms with Crippen molar-refractivity contribution in [3.05, 3.63) is 52.5 Å². The van der Waals surface area contributed by atoms with E-state index in [0.717, 1.165) is 10.9 Å². The van der Waals surface area contributed by atoms with E-state index in [1.165, 1.54) is 0 Å². The van der Waals surface area contributed by atoms with Crippen LogP contribution in [0.5, 0.6) is 11.5 Å². The molecule has 0 fully saturated rings. The Labute approximate surface area is 138 Å². The molecule has 0 radical (unpaired) electrons. The molecule has 0 saturated heterocycles. The van der Waals surface area contributed by atoms with Crippen LogP contribution in [0.2, 0.25) is 0 Å². The highest BCUT2D eigenvalue weighted by Gasteiger charge is 2.09. The van der Waals surface area contributed by atoms with Gasteiger partial charge in [0.15, 0.2) is 0 Å². The molecule has 0 aromatic heterocycles. The number of methoxy groups -OCH3 is 1. The Morgan fingerprint density at radius 2 is 2.05 bits per heavy atom. The second-order valence-corrected chi connectivity index (χ2v) is 5.53. The third-order valence-corrected chi connectivity index (χ3v) is 3.60. The van der Waals surface area contributed by atoms with Gasteiger partial charge in [0.1, 0.15) is 11.5 Å². The first-order valence-corrected chi connectivity index (χ1v) is 7.81. The van der Waals surface area contributed by atoms with Crippen LogP contribution in [-0.2, 0) is 0 Å². The van der Waals surface area contributed by atoms with Crippen molar-refractivity contribution >= 4 is 27.5 Å². The minimum atomic E-state index is -0.181. The predicted molar refractivity (Wildman–Crippen MR) is 90.9 cm³/mol. The fourth-order valence-corrected chi connectivity index (χ4v) is 2.44. The van der Waals surface area contributed by atoms with Gasteiger partial charge in [0.25, 0.3) is 5.91 Å². The lowest BCUT2D eigenvalue weighted by atomic mass is 10.2. The molecule has 2 aromatic carbocycles. The zero-order valence-electron chi connectivity index (χ0n) is 12.6. The van der Waals surface area contributed by atoms with E-state index in [0.29, 0.717) is 29.4 Å². The number of nitrogens with one attached hydrogen (secondary N) is 1. The third kappa shape index (κ3) is 4.24. The van der Waals surface area contributed by atoms with E-state index < -0.39 is 0 Å². The van der Waals surface area contributed by atoms with E-state index >= 15 is 0 Å². The Morgan fingerprint density at radius 3 is 2.73 bits per heavy atom. The first-order chi connectivity index (χ1) is 10.6. The molecule has 0 spiro atoms. The van der Waals surface area contributed by atoms with Crippen molar-refractivity contribution in [2.24, 2.45) is 0 Å². The highest BCUT2D eigenvalue weighted by molar-refractivity contribution is 9.10. The van der Waals surface area contributed by atoms with Crippen molar-refractivity contribution < 1.29 is 14.3 Å². The Hall–Kier alpha value is -2.01. The Morgan fingerprint density at radius 1 is 1.23 bits per heavy atom. The molecule has 2 aromatic rings. The molecule has 0 atom stereocenters. The Kier molecular flexibility index (Phi) is 5.83. The molecular weight excluding hydrogens is 346 g/mol. The summed E-state index contributed by atoms with van der Waals surface area (Å²) in [7, 11) is 1.60. The molecule has 4 nitrogen and oxygen atoms in total. The maximum atomic E-state index is 12.3. The van der Waals surface area contributed by atoms with E-state index in [1.54, 1.807) is 37.4 Å². The zero-order chi connectivity index (χ0) is 15.9. The predicted octanol–water partition coefficient (Wildman–Crippen LogP) is 4.50. The first kappa shape index (κ1) is 16.4. The number of hydrogen-bond acceptors (Lipinski definition) is 3. The summed E-state index contributed by atoms with van der Waals surface area (Å²) in [5, 5.41) is 2.85. The topological polar surface area (TPSA) is 47.6 Å². The van der Waals surface area contributed by atoms with Gasteiger partial charge in [-0.25, -0.2) is 0 Å². The molecule has 0 aliphatic rings. The largest absolute Gasteiger partial charge is 0.496 e. The van der Waals surface area contributed by atoms with Crippen molar-refractivity contribution in [1.29, 1.82) is 0 Å². The number of carbonyl (C=O) groups excluding carboxylic acids is 1. The van der Waals surface area contributed by atoms with Crippen LogP contribution < -0.4 is 14.8 Å². The summed E-state index contributed by atoms with van der Waals surface area (Å²) in [5.74, 6) is 1.23. The zero-order valence-corrected chi connectivity index (χ0v) is 14.1.